The summed E-state index contributed by atoms with van der Waals surface area (Å²) >= 11 is 0. The summed E-state index contributed by atoms with van der Waals surface area (Å²) < 4.78 is 5.44. The molecule has 2 heterocycles. The molecular weight excluding hydrogens is 316 g/mol. The van der Waals surface area contributed by atoms with E-state index in [2.05, 4.69) is 21.1 Å². The molecule has 2 aromatic rings. The van der Waals surface area contributed by atoms with E-state index in [1.54, 1.807) is 19.0 Å². The molecule has 6 heteroatoms. The normalized spacial score (nSPS) is 20.8. The largest absolute Gasteiger partial charge is 0.345 e. The summed E-state index contributed by atoms with van der Waals surface area (Å²) in [6, 6.07) is 8.10. The summed E-state index contributed by atoms with van der Waals surface area (Å²) in [5.74, 6) is 2.15. The first-order valence-corrected chi connectivity index (χ1v) is 9.00. The van der Waals surface area contributed by atoms with Gasteiger partial charge >= 0.3 is 0 Å². The summed E-state index contributed by atoms with van der Waals surface area (Å²) in [5, 5.41) is 4.23. The van der Waals surface area contributed by atoms with Gasteiger partial charge in [0.1, 0.15) is 0 Å². The maximum Gasteiger partial charge on any atom is 0.253 e. The molecule has 1 saturated heterocycles. The second-order valence-corrected chi connectivity index (χ2v) is 7.29. The number of carbonyl (C=O) groups excluding carboxylic acids is 1. The Balaban J connectivity index is 1.49. The Hall–Kier alpha value is -2.21. The topological polar surface area (TPSA) is 62.5 Å². The molecule has 0 N–H and O–H groups in total. The number of hydrogen-bond donors (Lipinski definition) is 0. The highest BCUT2D eigenvalue weighted by Gasteiger charge is 2.34. The lowest BCUT2D eigenvalue weighted by molar-refractivity contribution is 0.0827. The Morgan fingerprint density at radius 1 is 1.32 bits per heavy atom. The van der Waals surface area contributed by atoms with Crippen molar-refractivity contribution >= 4 is 5.91 Å². The number of likely N-dealkylation sites (tertiary alicyclic amines) is 1. The molecule has 1 aliphatic heterocycles. The summed E-state index contributed by atoms with van der Waals surface area (Å²) in [6.45, 7) is 1.82. The van der Waals surface area contributed by atoms with E-state index in [0.717, 1.165) is 48.8 Å². The first-order chi connectivity index (χ1) is 12.1. The van der Waals surface area contributed by atoms with Crippen LogP contribution in [0.15, 0.2) is 28.8 Å². The first kappa shape index (κ1) is 16.3. The number of rotatable bonds is 5. The maximum absolute atomic E-state index is 12.2. The zero-order valence-corrected chi connectivity index (χ0v) is 14.8. The van der Waals surface area contributed by atoms with E-state index in [4.69, 9.17) is 4.52 Å². The molecule has 4 rings (SSSR count). The van der Waals surface area contributed by atoms with Crippen LogP contribution < -0.4 is 0 Å². The number of benzene rings is 1. The van der Waals surface area contributed by atoms with Gasteiger partial charge in [-0.15, -0.1) is 0 Å². The van der Waals surface area contributed by atoms with Crippen LogP contribution in [0, 0.1) is 0 Å². The SMILES string of the molecule is CN(C)C(=O)c1cccc(CN2CCC[C@H]2c2noc(C3CC3)n2)c1. The number of nitrogens with zero attached hydrogens (tertiary/aromatic N) is 4. The molecule has 1 aliphatic carbocycles. The lowest BCUT2D eigenvalue weighted by Gasteiger charge is -2.22. The second kappa shape index (κ2) is 6.59. The molecule has 0 spiro atoms. The van der Waals surface area contributed by atoms with Crippen LogP contribution in [0.4, 0.5) is 0 Å². The van der Waals surface area contributed by atoms with Crippen LogP contribution in [0.1, 0.15) is 65.3 Å². The van der Waals surface area contributed by atoms with Crippen LogP contribution in [0.5, 0.6) is 0 Å². The van der Waals surface area contributed by atoms with E-state index in [-0.39, 0.29) is 11.9 Å². The molecule has 6 nitrogen and oxygen atoms in total. The van der Waals surface area contributed by atoms with E-state index >= 15 is 0 Å². The average Bonchev–Trinajstić information content (AvgIpc) is 3.16. The monoisotopic (exact) mass is 340 g/mol. The number of amides is 1. The zero-order valence-electron chi connectivity index (χ0n) is 14.8. The fraction of sp³-hybridized carbons (Fsp3) is 0.526. The van der Waals surface area contributed by atoms with Gasteiger partial charge in [0, 0.05) is 32.1 Å². The Kier molecular flexibility index (Phi) is 4.29. The van der Waals surface area contributed by atoms with Crippen LogP contribution in [-0.2, 0) is 6.54 Å². The summed E-state index contributed by atoms with van der Waals surface area (Å²) in [4.78, 5) is 20.8. The first-order valence-electron chi connectivity index (χ1n) is 9.00. The van der Waals surface area contributed by atoms with Crippen molar-refractivity contribution in [1.82, 2.24) is 19.9 Å². The van der Waals surface area contributed by atoms with Crippen molar-refractivity contribution in [2.75, 3.05) is 20.6 Å². The van der Waals surface area contributed by atoms with Crippen molar-refractivity contribution in [1.29, 1.82) is 0 Å². The molecule has 1 aromatic carbocycles. The Bertz CT molecular complexity index is 766. The van der Waals surface area contributed by atoms with Gasteiger partial charge in [0.25, 0.3) is 5.91 Å². The minimum Gasteiger partial charge on any atom is -0.345 e. The number of carbonyl (C=O) groups is 1. The van der Waals surface area contributed by atoms with E-state index in [9.17, 15) is 4.79 Å². The van der Waals surface area contributed by atoms with Gasteiger partial charge in [-0.05, 0) is 49.9 Å². The van der Waals surface area contributed by atoms with Gasteiger partial charge in [0.15, 0.2) is 5.82 Å². The Morgan fingerprint density at radius 2 is 2.16 bits per heavy atom. The highest BCUT2D eigenvalue weighted by Crippen LogP contribution is 2.40. The predicted molar refractivity (Wildman–Crippen MR) is 93.1 cm³/mol. The van der Waals surface area contributed by atoms with Gasteiger partial charge in [0.2, 0.25) is 5.89 Å². The smallest absolute Gasteiger partial charge is 0.253 e. The fourth-order valence-electron chi connectivity index (χ4n) is 3.48. The van der Waals surface area contributed by atoms with Crippen LogP contribution >= 0.6 is 0 Å². The summed E-state index contributed by atoms with van der Waals surface area (Å²) in [5.41, 5.74) is 1.87. The standard InChI is InChI=1S/C19H24N4O2/c1-22(2)19(24)15-6-3-5-13(11-15)12-23-10-4-7-16(23)17-20-18(25-21-17)14-8-9-14/h3,5-6,11,14,16H,4,7-10,12H2,1-2H3/t16-/m0/s1. The van der Waals surface area contributed by atoms with Crippen molar-refractivity contribution in [2.45, 2.75) is 44.2 Å². The average molecular weight is 340 g/mol. The molecule has 0 unspecified atom stereocenters. The molecule has 1 amide bonds. The quantitative estimate of drug-likeness (QED) is 0.837. The third-order valence-corrected chi connectivity index (χ3v) is 5.01. The molecule has 1 saturated carbocycles. The highest BCUT2D eigenvalue weighted by atomic mass is 16.5. The van der Waals surface area contributed by atoms with Gasteiger partial charge < -0.3 is 9.42 Å². The van der Waals surface area contributed by atoms with Gasteiger partial charge in [-0.1, -0.05) is 17.3 Å². The van der Waals surface area contributed by atoms with Crippen molar-refractivity contribution in [3.63, 3.8) is 0 Å². The third kappa shape index (κ3) is 3.44. The van der Waals surface area contributed by atoms with Crippen molar-refractivity contribution in [3.8, 4) is 0 Å². The van der Waals surface area contributed by atoms with Crippen molar-refractivity contribution < 1.29 is 9.32 Å². The number of hydrogen-bond acceptors (Lipinski definition) is 5. The van der Waals surface area contributed by atoms with Crippen LogP contribution in [0.25, 0.3) is 0 Å². The highest BCUT2D eigenvalue weighted by molar-refractivity contribution is 5.94. The summed E-state index contributed by atoms with van der Waals surface area (Å²) in [7, 11) is 3.55. The predicted octanol–water partition coefficient (Wildman–Crippen LogP) is 2.99. The maximum atomic E-state index is 12.2. The van der Waals surface area contributed by atoms with Gasteiger partial charge in [-0.2, -0.15) is 4.98 Å². The lowest BCUT2D eigenvalue weighted by atomic mass is 10.1. The second-order valence-electron chi connectivity index (χ2n) is 7.29. The minimum atomic E-state index is 0.0343. The van der Waals surface area contributed by atoms with Gasteiger partial charge in [-0.25, -0.2) is 0 Å². The molecule has 0 bridgehead atoms. The molecule has 2 fully saturated rings. The van der Waals surface area contributed by atoms with Crippen LogP contribution in [0.2, 0.25) is 0 Å². The Labute approximate surface area is 147 Å². The number of aromatic nitrogens is 2. The van der Waals surface area contributed by atoms with Crippen LogP contribution in [-0.4, -0.2) is 46.5 Å². The molecular formula is C19H24N4O2. The van der Waals surface area contributed by atoms with E-state index < -0.39 is 0 Å². The molecule has 2 aliphatic rings. The minimum absolute atomic E-state index is 0.0343. The van der Waals surface area contributed by atoms with Crippen LogP contribution in [0.3, 0.4) is 0 Å². The van der Waals surface area contributed by atoms with Gasteiger partial charge in [0.05, 0.1) is 6.04 Å². The molecule has 0 radical (unpaired) electrons. The fourth-order valence-corrected chi connectivity index (χ4v) is 3.48. The van der Waals surface area contributed by atoms with E-state index in [1.165, 1.54) is 12.8 Å². The van der Waals surface area contributed by atoms with Crippen molar-refractivity contribution in [2.24, 2.45) is 0 Å². The van der Waals surface area contributed by atoms with E-state index in [0.29, 0.717) is 5.92 Å². The molecule has 25 heavy (non-hydrogen) atoms. The zero-order chi connectivity index (χ0) is 17.4. The van der Waals surface area contributed by atoms with Crippen molar-refractivity contribution in [3.05, 3.63) is 47.1 Å². The molecule has 1 atom stereocenters. The molecule has 132 valence electrons. The van der Waals surface area contributed by atoms with Gasteiger partial charge in [-0.3, -0.25) is 9.69 Å². The van der Waals surface area contributed by atoms with E-state index in [1.807, 2.05) is 18.2 Å². The lowest BCUT2D eigenvalue weighted by Crippen LogP contribution is -2.24. The summed E-state index contributed by atoms with van der Waals surface area (Å²) in [6.07, 6.45) is 4.53. The Morgan fingerprint density at radius 3 is 2.92 bits per heavy atom. The third-order valence-electron chi connectivity index (χ3n) is 5.01. The molecule has 1 aromatic heterocycles.